The summed E-state index contributed by atoms with van der Waals surface area (Å²) in [5.41, 5.74) is -0.995. The maximum Gasteiger partial charge on any atom is 0.418 e. The normalized spacial score (nSPS) is 12.5. The summed E-state index contributed by atoms with van der Waals surface area (Å²) in [6.45, 7) is -0.117. The summed E-state index contributed by atoms with van der Waals surface area (Å²) < 4.78 is 63.0. The third kappa shape index (κ3) is 5.00. The van der Waals surface area contributed by atoms with Gasteiger partial charge in [0.2, 0.25) is 10.0 Å². The van der Waals surface area contributed by atoms with Gasteiger partial charge in [-0.15, -0.1) is 0 Å². The van der Waals surface area contributed by atoms with E-state index in [0.29, 0.717) is 4.47 Å². The Hall–Kier alpha value is -0.800. The highest BCUT2D eigenvalue weighted by atomic mass is 79.9. The zero-order valence-corrected chi connectivity index (χ0v) is 12.3. The first-order valence-corrected chi connectivity index (χ1v) is 7.62. The Morgan fingerprint density at radius 2 is 1.95 bits per heavy atom. The molecule has 0 amide bonds. The smallest absolute Gasteiger partial charge is 0.383 e. The average molecular weight is 361 g/mol. The lowest BCUT2D eigenvalue weighted by atomic mass is 10.1. The Morgan fingerprint density at radius 1 is 1.32 bits per heavy atom. The molecule has 0 heterocycles. The molecule has 0 aromatic heterocycles. The van der Waals surface area contributed by atoms with Gasteiger partial charge in [0.15, 0.2) is 0 Å². The van der Waals surface area contributed by atoms with Gasteiger partial charge in [-0.1, -0.05) is 15.9 Å². The standard InChI is InChI=1S/C10H12BrF3N2O2S/c1-15-19(17,18)5-4-16-9-3-2-7(11)6-8(9)10(12,13)14/h2-3,6,15-16H,4-5H2,1H3. The maximum atomic E-state index is 12.8. The van der Waals surface area contributed by atoms with Gasteiger partial charge in [0.1, 0.15) is 0 Å². The maximum absolute atomic E-state index is 12.8. The lowest BCUT2D eigenvalue weighted by molar-refractivity contribution is -0.137. The third-order valence-corrected chi connectivity index (χ3v) is 4.14. The summed E-state index contributed by atoms with van der Waals surface area (Å²) in [6, 6.07) is 3.64. The van der Waals surface area contributed by atoms with Gasteiger partial charge in [0.25, 0.3) is 0 Å². The number of rotatable bonds is 5. The predicted octanol–water partition coefficient (Wildman–Crippen LogP) is 2.43. The minimum atomic E-state index is -4.51. The second-order valence-electron chi connectivity index (χ2n) is 3.64. The van der Waals surface area contributed by atoms with Crippen molar-refractivity contribution in [1.29, 1.82) is 0 Å². The number of halogens is 4. The molecule has 0 bridgehead atoms. The van der Waals surface area contributed by atoms with E-state index >= 15 is 0 Å². The Balaban J connectivity index is 2.85. The molecule has 108 valence electrons. The molecule has 0 unspecified atom stereocenters. The monoisotopic (exact) mass is 360 g/mol. The van der Waals surface area contributed by atoms with Crippen LogP contribution in [-0.4, -0.2) is 27.8 Å². The van der Waals surface area contributed by atoms with E-state index in [1.54, 1.807) is 0 Å². The second-order valence-corrected chi connectivity index (χ2v) is 6.60. The van der Waals surface area contributed by atoms with Crippen molar-refractivity contribution in [2.75, 3.05) is 24.7 Å². The van der Waals surface area contributed by atoms with E-state index in [9.17, 15) is 21.6 Å². The Labute approximate surface area is 117 Å². The van der Waals surface area contributed by atoms with E-state index in [4.69, 9.17) is 0 Å². The molecular formula is C10H12BrF3N2O2S. The van der Waals surface area contributed by atoms with Crippen molar-refractivity contribution in [1.82, 2.24) is 4.72 Å². The van der Waals surface area contributed by atoms with Gasteiger partial charge in [0, 0.05) is 16.7 Å². The second kappa shape index (κ2) is 6.10. The molecule has 2 N–H and O–H groups in total. The number of benzene rings is 1. The van der Waals surface area contributed by atoms with Crippen LogP contribution in [0.4, 0.5) is 18.9 Å². The highest BCUT2D eigenvalue weighted by Gasteiger charge is 2.33. The van der Waals surface area contributed by atoms with Crippen molar-refractivity contribution >= 4 is 31.6 Å². The van der Waals surface area contributed by atoms with Crippen LogP contribution in [0.15, 0.2) is 22.7 Å². The van der Waals surface area contributed by atoms with Gasteiger partial charge in [-0.05, 0) is 25.2 Å². The Morgan fingerprint density at radius 3 is 2.47 bits per heavy atom. The minimum Gasteiger partial charge on any atom is -0.383 e. The summed E-state index contributed by atoms with van der Waals surface area (Å²) in [4.78, 5) is 0. The molecule has 0 saturated heterocycles. The fourth-order valence-electron chi connectivity index (χ4n) is 1.33. The lowest BCUT2D eigenvalue weighted by Crippen LogP contribution is -2.26. The third-order valence-electron chi connectivity index (χ3n) is 2.28. The summed E-state index contributed by atoms with van der Waals surface area (Å²) in [6.07, 6.45) is -4.51. The highest BCUT2D eigenvalue weighted by molar-refractivity contribution is 9.10. The largest absolute Gasteiger partial charge is 0.418 e. The van der Waals surface area contributed by atoms with E-state index in [0.717, 1.165) is 6.07 Å². The topological polar surface area (TPSA) is 58.2 Å². The van der Waals surface area contributed by atoms with Crippen LogP contribution < -0.4 is 10.0 Å². The Bertz CT molecular complexity index is 546. The molecule has 0 aliphatic heterocycles. The van der Waals surface area contributed by atoms with Crippen LogP contribution in [0.2, 0.25) is 0 Å². The summed E-state index contributed by atoms with van der Waals surface area (Å²) in [5, 5.41) is 2.48. The van der Waals surface area contributed by atoms with Crippen LogP contribution >= 0.6 is 15.9 Å². The quantitative estimate of drug-likeness (QED) is 0.847. The molecule has 1 rings (SSSR count). The molecule has 0 saturated carbocycles. The average Bonchev–Trinajstić information content (AvgIpc) is 2.29. The zero-order chi connectivity index (χ0) is 14.7. The highest BCUT2D eigenvalue weighted by Crippen LogP contribution is 2.36. The van der Waals surface area contributed by atoms with E-state index < -0.39 is 21.8 Å². The number of hydrogen-bond acceptors (Lipinski definition) is 3. The van der Waals surface area contributed by atoms with Gasteiger partial charge in [-0.2, -0.15) is 13.2 Å². The number of sulfonamides is 1. The molecule has 1 aromatic rings. The van der Waals surface area contributed by atoms with Crippen molar-refractivity contribution in [3.63, 3.8) is 0 Å². The fraction of sp³-hybridized carbons (Fsp3) is 0.400. The number of hydrogen-bond donors (Lipinski definition) is 2. The molecule has 0 spiro atoms. The van der Waals surface area contributed by atoms with Crippen molar-refractivity contribution in [3.8, 4) is 0 Å². The van der Waals surface area contributed by atoms with E-state index in [2.05, 4.69) is 26.0 Å². The van der Waals surface area contributed by atoms with Gasteiger partial charge in [-0.25, -0.2) is 13.1 Å². The van der Waals surface area contributed by atoms with Crippen molar-refractivity contribution in [2.24, 2.45) is 0 Å². The van der Waals surface area contributed by atoms with Crippen molar-refractivity contribution < 1.29 is 21.6 Å². The SMILES string of the molecule is CNS(=O)(=O)CCNc1ccc(Br)cc1C(F)(F)F. The van der Waals surface area contributed by atoms with Crippen LogP contribution in [0.1, 0.15) is 5.56 Å². The molecule has 19 heavy (non-hydrogen) atoms. The predicted molar refractivity (Wildman–Crippen MR) is 70.5 cm³/mol. The lowest BCUT2D eigenvalue weighted by Gasteiger charge is -2.15. The van der Waals surface area contributed by atoms with E-state index in [1.165, 1.54) is 19.2 Å². The van der Waals surface area contributed by atoms with Crippen LogP contribution in [0.25, 0.3) is 0 Å². The first-order chi connectivity index (χ1) is 8.65. The molecule has 0 radical (unpaired) electrons. The summed E-state index contributed by atoms with van der Waals surface area (Å²) in [7, 11) is -2.20. The molecule has 9 heteroatoms. The van der Waals surface area contributed by atoms with Crippen molar-refractivity contribution in [3.05, 3.63) is 28.2 Å². The number of alkyl halides is 3. The molecule has 0 fully saturated rings. The number of anilines is 1. The van der Waals surface area contributed by atoms with Crippen molar-refractivity contribution in [2.45, 2.75) is 6.18 Å². The molecular weight excluding hydrogens is 349 g/mol. The van der Waals surface area contributed by atoms with Crippen LogP contribution in [-0.2, 0) is 16.2 Å². The van der Waals surface area contributed by atoms with Crippen LogP contribution in [0.3, 0.4) is 0 Å². The van der Waals surface area contributed by atoms with Crippen LogP contribution in [0.5, 0.6) is 0 Å². The Kier molecular flexibility index (Phi) is 5.22. The van der Waals surface area contributed by atoms with Gasteiger partial charge < -0.3 is 5.32 Å². The first-order valence-electron chi connectivity index (χ1n) is 5.17. The molecule has 1 aromatic carbocycles. The minimum absolute atomic E-state index is 0.117. The fourth-order valence-corrected chi connectivity index (χ4v) is 2.26. The van der Waals surface area contributed by atoms with E-state index in [-0.39, 0.29) is 18.0 Å². The zero-order valence-electron chi connectivity index (χ0n) is 9.88. The van der Waals surface area contributed by atoms with Gasteiger partial charge in [-0.3, -0.25) is 0 Å². The molecule has 0 aliphatic rings. The van der Waals surface area contributed by atoms with Gasteiger partial charge >= 0.3 is 6.18 Å². The van der Waals surface area contributed by atoms with Gasteiger partial charge in [0.05, 0.1) is 11.3 Å². The summed E-state index contributed by atoms with van der Waals surface area (Å²) in [5.74, 6) is -0.309. The number of nitrogens with one attached hydrogen (secondary N) is 2. The van der Waals surface area contributed by atoms with Crippen LogP contribution in [0, 0.1) is 0 Å². The van der Waals surface area contributed by atoms with E-state index in [1.807, 2.05) is 0 Å². The molecule has 0 atom stereocenters. The summed E-state index contributed by atoms with van der Waals surface area (Å²) >= 11 is 2.97. The first kappa shape index (κ1) is 16.3. The molecule has 4 nitrogen and oxygen atoms in total. The molecule has 0 aliphatic carbocycles.